The molecule has 3 fully saturated rings. The molecule has 3 saturated heterocycles. The van der Waals surface area contributed by atoms with Crippen molar-refractivity contribution in [2.45, 2.75) is 157 Å². The highest BCUT2D eigenvalue weighted by atomic mass is 16.7. The number of ether oxygens (including phenoxy) is 7. The summed E-state index contributed by atoms with van der Waals surface area (Å²) in [6.07, 6.45) is -14.6. The van der Waals surface area contributed by atoms with Crippen LogP contribution in [0.4, 0.5) is 0 Å². The third kappa shape index (κ3) is 11.7. The van der Waals surface area contributed by atoms with E-state index in [1.807, 2.05) is 0 Å². The van der Waals surface area contributed by atoms with Gasteiger partial charge in [0.15, 0.2) is 18.9 Å². The Balaban J connectivity index is 1.68. The van der Waals surface area contributed by atoms with Gasteiger partial charge in [0.25, 0.3) is 0 Å². The minimum Gasteiger partial charge on any atom is -0.394 e. The Bertz CT molecular complexity index is 861. The molecule has 3 rings (SSSR count). The Labute approximate surface area is 281 Å². The minimum atomic E-state index is -1.77. The van der Waals surface area contributed by atoms with Gasteiger partial charge in [-0.3, -0.25) is 0 Å². The Kier molecular flexibility index (Phi) is 18.8. The molecular weight excluding hydrogens is 642 g/mol. The summed E-state index contributed by atoms with van der Waals surface area (Å²) in [5.41, 5.74) is 5.50. The molecule has 0 bridgehead atoms. The first-order valence-electron chi connectivity index (χ1n) is 17.2. The van der Waals surface area contributed by atoms with Gasteiger partial charge in [0.05, 0.1) is 19.8 Å². The van der Waals surface area contributed by atoms with Crippen molar-refractivity contribution >= 4 is 0 Å². The van der Waals surface area contributed by atoms with Crippen LogP contribution in [0.15, 0.2) is 0 Å². The Morgan fingerprint density at radius 3 is 1.75 bits per heavy atom. The van der Waals surface area contributed by atoms with Gasteiger partial charge in [0, 0.05) is 13.2 Å². The molecule has 0 aromatic heterocycles. The molecule has 17 nitrogen and oxygen atoms in total. The van der Waals surface area contributed by atoms with Crippen molar-refractivity contribution in [2.24, 2.45) is 5.73 Å². The molecule has 0 radical (unpaired) electrons. The van der Waals surface area contributed by atoms with Crippen LogP contribution in [-0.2, 0) is 33.2 Å². The average molecular weight is 702 g/mol. The van der Waals surface area contributed by atoms with Crippen molar-refractivity contribution in [2.75, 3.05) is 39.6 Å². The summed E-state index contributed by atoms with van der Waals surface area (Å²) < 4.78 is 39.9. The predicted octanol–water partition coefficient (Wildman–Crippen LogP) is -3.03. The van der Waals surface area contributed by atoms with E-state index < -0.39 is 105 Å². The average Bonchev–Trinajstić information content (AvgIpc) is 3.08. The van der Waals surface area contributed by atoms with Crippen LogP contribution in [-0.4, -0.2) is 178 Å². The molecule has 0 amide bonds. The van der Waals surface area contributed by atoms with Crippen LogP contribution in [0.3, 0.4) is 0 Å². The molecule has 3 aliphatic rings. The molecular formula is C31H59NO16. The number of aliphatic hydroxyl groups excluding tert-OH is 9. The van der Waals surface area contributed by atoms with Crippen molar-refractivity contribution in [3.05, 3.63) is 0 Å². The Morgan fingerprint density at radius 2 is 1.06 bits per heavy atom. The van der Waals surface area contributed by atoms with Crippen LogP contribution in [0.1, 0.15) is 64.7 Å². The number of hydrogen-bond donors (Lipinski definition) is 10. The zero-order chi connectivity index (χ0) is 35.2. The third-order valence-electron chi connectivity index (χ3n) is 8.93. The maximum absolute atomic E-state index is 11.3. The largest absolute Gasteiger partial charge is 0.394 e. The third-order valence-corrected chi connectivity index (χ3v) is 8.93. The Hall–Kier alpha value is -0.680. The normalized spacial score (nSPS) is 40.7. The first-order chi connectivity index (χ1) is 23.0. The molecule has 48 heavy (non-hydrogen) atoms. The topological polar surface area (TPSA) is 273 Å². The van der Waals surface area contributed by atoms with E-state index in [-0.39, 0.29) is 13.2 Å². The summed E-state index contributed by atoms with van der Waals surface area (Å²) in [4.78, 5) is 0. The molecule has 3 aliphatic heterocycles. The van der Waals surface area contributed by atoms with Gasteiger partial charge >= 0.3 is 0 Å². The lowest BCUT2D eigenvalue weighted by Gasteiger charge is -2.46. The van der Waals surface area contributed by atoms with Crippen molar-refractivity contribution in [1.29, 1.82) is 0 Å². The zero-order valence-electron chi connectivity index (χ0n) is 27.7. The quantitative estimate of drug-likeness (QED) is 0.0533. The highest BCUT2D eigenvalue weighted by Gasteiger charge is 2.52. The van der Waals surface area contributed by atoms with E-state index in [1.54, 1.807) is 0 Å². The van der Waals surface area contributed by atoms with E-state index in [9.17, 15) is 46.0 Å². The zero-order valence-corrected chi connectivity index (χ0v) is 27.7. The molecule has 0 aromatic carbocycles. The summed E-state index contributed by atoms with van der Waals surface area (Å²) >= 11 is 0. The summed E-state index contributed by atoms with van der Waals surface area (Å²) in [6.45, 7) is 1.93. The number of hydrogen-bond acceptors (Lipinski definition) is 17. The molecule has 0 aromatic rings. The fourth-order valence-electron chi connectivity index (χ4n) is 5.86. The van der Waals surface area contributed by atoms with Crippen LogP contribution in [0.5, 0.6) is 0 Å². The van der Waals surface area contributed by atoms with E-state index in [0.717, 1.165) is 51.4 Å². The molecule has 0 spiro atoms. The summed E-state index contributed by atoms with van der Waals surface area (Å²) in [5.74, 6) is 0. The molecule has 0 aliphatic carbocycles. The fraction of sp³-hybridized carbons (Fsp3) is 1.00. The second kappa shape index (κ2) is 21.6. The lowest BCUT2D eigenvalue weighted by molar-refractivity contribution is -0.366. The molecule has 3 heterocycles. The maximum Gasteiger partial charge on any atom is 0.187 e. The van der Waals surface area contributed by atoms with Crippen molar-refractivity contribution < 1.29 is 79.1 Å². The van der Waals surface area contributed by atoms with Gasteiger partial charge in [-0.2, -0.15) is 0 Å². The van der Waals surface area contributed by atoms with Crippen molar-refractivity contribution in [3.8, 4) is 0 Å². The van der Waals surface area contributed by atoms with Gasteiger partial charge in [0.2, 0.25) is 0 Å². The lowest BCUT2D eigenvalue weighted by atomic mass is 9.96. The SMILES string of the molecule is CCCCCCCCO[C@@H]1O[C@H](CO[C@H]2O[C@H](CO)[C@@H](O)[C@H](O)[C@@H]2O)[C@@H](O)[C@H](O[C@H]2O[C@H](COCCCCCN)[C@@H](O)[C@H](O)[C@@H]2O)[C@@H]1O. The van der Waals surface area contributed by atoms with Crippen LogP contribution < -0.4 is 5.73 Å². The van der Waals surface area contributed by atoms with E-state index in [4.69, 9.17) is 38.9 Å². The molecule has 17 heteroatoms. The van der Waals surface area contributed by atoms with Crippen molar-refractivity contribution in [1.82, 2.24) is 0 Å². The standard InChI is InChI=1S/C31H59NO16/c1-2-3-4-5-6-10-13-43-30-27(41)28(22(36)19(46-30)16-44-29-25(39)23(37)20(34)17(14-33)45-29)48-31-26(40)24(38)21(35)18(47-31)15-42-12-9-7-8-11-32/h17-31,33-41H,2-16,32H2,1H3/t17-,18-,19-,20-,21-,22-,23+,24+,25+,26+,27+,28+,29+,30-,31-/m1/s1. The monoisotopic (exact) mass is 701 g/mol. The van der Waals surface area contributed by atoms with Crippen molar-refractivity contribution in [3.63, 3.8) is 0 Å². The van der Waals surface area contributed by atoms with Crippen LogP contribution in [0.2, 0.25) is 0 Å². The number of rotatable bonds is 21. The van der Waals surface area contributed by atoms with E-state index in [0.29, 0.717) is 19.6 Å². The summed E-state index contributed by atoms with van der Waals surface area (Å²) in [5, 5.41) is 94.3. The molecule has 284 valence electrons. The number of unbranched alkanes of at least 4 members (excludes halogenated alkanes) is 7. The highest BCUT2D eigenvalue weighted by molar-refractivity contribution is 4.95. The minimum absolute atomic E-state index is 0.133. The van der Waals surface area contributed by atoms with Gasteiger partial charge in [-0.1, -0.05) is 39.0 Å². The van der Waals surface area contributed by atoms with E-state index in [1.165, 1.54) is 0 Å². The first-order valence-corrected chi connectivity index (χ1v) is 17.2. The van der Waals surface area contributed by atoms with Gasteiger partial charge < -0.3 is 84.9 Å². The lowest BCUT2D eigenvalue weighted by Crippen LogP contribution is -2.65. The second-order valence-corrected chi connectivity index (χ2v) is 12.7. The highest BCUT2D eigenvalue weighted by Crippen LogP contribution is 2.31. The molecule has 0 unspecified atom stereocenters. The van der Waals surface area contributed by atoms with Crippen LogP contribution in [0.25, 0.3) is 0 Å². The molecule has 11 N–H and O–H groups in total. The second-order valence-electron chi connectivity index (χ2n) is 12.7. The fourth-order valence-corrected chi connectivity index (χ4v) is 5.86. The summed E-state index contributed by atoms with van der Waals surface area (Å²) in [6, 6.07) is 0. The number of aliphatic hydroxyl groups is 9. The van der Waals surface area contributed by atoms with Gasteiger partial charge in [0.1, 0.15) is 73.2 Å². The van der Waals surface area contributed by atoms with Gasteiger partial charge in [-0.25, -0.2) is 0 Å². The molecule has 0 saturated carbocycles. The van der Waals surface area contributed by atoms with E-state index in [2.05, 4.69) is 6.92 Å². The Morgan fingerprint density at radius 1 is 0.521 bits per heavy atom. The smallest absolute Gasteiger partial charge is 0.187 e. The first kappa shape index (κ1) is 41.7. The van der Waals surface area contributed by atoms with Gasteiger partial charge in [-0.15, -0.1) is 0 Å². The van der Waals surface area contributed by atoms with Crippen LogP contribution >= 0.6 is 0 Å². The van der Waals surface area contributed by atoms with Gasteiger partial charge in [-0.05, 0) is 32.2 Å². The maximum atomic E-state index is 11.3. The van der Waals surface area contributed by atoms with Crippen LogP contribution in [0, 0.1) is 0 Å². The summed E-state index contributed by atoms with van der Waals surface area (Å²) in [7, 11) is 0. The number of nitrogens with two attached hydrogens (primary N) is 1. The molecule has 15 atom stereocenters. The predicted molar refractivity (Wildman–Crippen MR) is 165 cm³/mol. The van der Waals surface area contributed by atoms with E-state index >= 15 is 0 Å².